The second-order valence-electron chi connectivity index (χ2n) is 5.54. The lowest BCUT2D eigenvalue weighted by atomic mass is 10.0. The van der Waals surface area contributed by atoms with Gasteiger partial charge >= 0.3 is 0 Å². The van der Waals surface area contributed by atoms with Gasteiger partial charge in [0.15, 0.2) is 0 Å². The number of hydrogen-bond donors (Lipinski definition) is 2. The Balaban J connectivity index is 1.57. The molecular weight excluding hydrogens is 311 g/mol. The fraction of sp³-hybridized carbons (Fsp3) is 0.353. The van der Waals surface area contributed by atoms with E-state index in [0.29, 0.717) is 30.4 Å². The third-order valence-electron chi connectivity index (χ3n) is 3.78. The van der Waals surface area contributed by atoms with Crippen molar-refractivity contribution in [2.45, 2.75) is 25.3 Å². The number of benzene rings is 1. The number of carbonyl (C=O) groups excluding carboxylic acids is 1. The highest BCUT2D eigenvalue weighted by molar-refractivity contribution is 5.77. The molecule has 126 valence electrons. The predicted octanol–water partition coefficient (Wildman–Crippen LogP) is 2.45. The molecule has 2 aromatic rings. The molecule has 0 fully saturated rings. The third kappa shape index (κ3) is 4.18. The summed E-state index contributed by atoms with van der Waals surface area (Å²) in [6.45, 7) is 0.993. The third-order valence-corrected chi connectivity index (χ3v) is 3.78. The van der Waals surface area contributed by atoms with E-state index in [9.17, 15) is 9.18 Å². The molecule has 7 heteroatoms. The van der Waals surface area contributed by atoms with Crippen LogP contribution in [-0.4, -0.2) is 29.0 Å². The number of amides is 1. The van der Waals surface area contributed by atoms with Gasteiger partial charge in [0.05, 0.1) is 12.6 Å². The molecule has 2 N–H and O–H groups in total. The molecule has 24 heavy (non-hydrogen) atoms. The number of nitrogens with zero attached hydrogens (tertiary/aromatic N) is 2. The van der Waals surface area contributed by atoms with Crippen LogP contribution in [0.5, 0.6) is 5.75 Å². The van der Waals surface area contributed by atoms with Crippen LogP contribution in [0.2, 0.25) is 0 Å². The number of fused-ring (bicyclic) bond motifs is 1. The first-order valence-corrected chi connectivity index (χ1v) is 7.95. The molecule has 0 radical (unpaired) electrons. The number of aromatic nitrogens is 2. The second-order valence-corrected chi connectivity index (χ2v) is 5.54. The lowest BCUT2D eigenvalue weighted by molar-refractivity contribution is -0.121. The lowest BCUT2D eigenvalue weighted by Gasteiger charge is -2.18. The van der Waals surface area contributed by atoms with E-state index in [4.69, 9.17) is 4.74 Å². The van der Waals surface area contributed by atoms with Crippen molar-refractivity contribution in [2.75, 3.05) is 18.5 Å². The molecule has 1 aromatic heterocycles. The van der Waals surface area contributed by atoms with Crippen LogP contribution in [0.1, 0.15) is 30.9 Å². The molecule has 1 amide bonds. The molecule has 0 spiro atoms. The number of carbonyl (C=O) groups is 1. The molecule has 1 atom stereocenters. The van der Waals surface area contributed by atoms with E-state index < -0.39 is 0 Å². The van der Waals surface area contributed by atoms with Crippen molar-refractivity contribution in [3.63, 3.8) is 0 Å². The molecular formula is C17H19FN4O2. The summed E-state index contributed by atoms with van der Waals surface area (Å²) in [5.74, 6) is 0.678. The van der Waals surface area contributed by atoms with E-state index in [1.165, 1.54) is 12.1 Å². The molecule has 0 saturated carbocycles. The molecule has 0 bridgehead atoms. The number of nitrogens with one attached hydrogen (secondary N) is 2. The number of halogens is 1. The van der Waals surface area contributed by atoms with Crippen LogP contribution in [0.4, 0.5) is 10.3 Å². The zero-order chi connectivity index (χ0) is 16.8. The van der Waals surface area contributed by atoms with Crippen molar-refractivity contribution in [1.29, 1.82) is 0 Å². The normalized spacial score (nSPS) is 16.5. The van der Waals surface area contributed by atoms with Crippen molar-refractivity contribution in [2.24, 2.45) is 0 Å². The van der Waals surface area contributed by atoms with E-state index >= 15 is 0 Å². The fourth-order valence-corrected chi connectivity index (χ4v) is 2.64. The van der Waals surface area contributed by atoms with Gasteiger partial charge in [-0.1, -0.05) is 0 Å². The molecule has 3 rings (SSSR count). The quantitative estimate of drug-likeness (QED) is 0.881. The standard InChI is InChI=1S/C17H19FN4O2/c18-12-4-5-15-13(11-12)14(3-1-10-24-15)22-16(23)6-9-21-17-19-7-2-8-20-17/h2,4-5,7-8,11,14H,1,3,6,9-10H2,(H,22,23)(H,19,20,21)/t14-/m1/s1. The zero-order valence-electron chi connectivity index (χ0n) is 13.2. The highest BCUT2D eigenvalue weighted by Gasteiger charge is 2.22. The molecule has 6 nitrogen and oxygen atoms in total. The van der Waals surface area contributed by atoms with Crippen LogP contribution in [0.15, 0.2) is 36.7 Å². The van der Waals surface area contributed by atoms with E-state index in [2.05, 4.69) is 20.6 Å². The monoisotopic (exact) mass is 330 g/mol. The van der Waals surface area contributed by atoms with Crippen molar-refractivity contribution in [1.82, 2.24) is 15.3 Å². The minimum Gasteiger partial charge on any atom is -0.493 e. The van der Waals surface area contributed by atoms with Crippen molar-refractivity contribution >= 4 is 11.9 Å². The zero-order valence-corrected chi connectivity index (χ0v) is 13.2. The summed E-state index contributed by atoms with van der Waals surface area (Å²) >= 11 is 0. The van der Waals surface area contributed by atoms with Crippen LogP contribution in [0.25, 0.3) is 0 Å². The maximum Gasteiger partial charge on any atom is 0.222 e. The van der Waals surface area contributed by atoms with Crippen LogP contribution >= 0.6 is 0 Å². The average Bonchev–Trinajstić information content (AvgIpc) is 2.78. The SMILES string of the molecule is O=C(CCNc1ncccn1)N[C@@H]1CCCOc2ccc(F)cc21. The maximum atomic E-state index is 13.5. The summed E-state index contributed by atoms with van der Waals surface area (Å²) in [4.78, 5) is 20.2. The number of rotatable bonds is 5. The molecule has 1 aromatic carbocycles. The highest BCUT2D eigenvalue weighted by Crippen LogP contribution is 2.32. The molecule has 1 aliphatic rings. The van der Waals surface area contributed by atoms with Gasteiger partial charge in [0.2, 0.25) is 11.9 Å². The Labute approximate surface area is 139 Å². The first kappa shape index (κ1) is 16.2. The van der Waals surface area contributed by atoms with Crippen molar-refractivity contribution < 1.29 is 13.9 Å². The average molecular weight is 330 g/mol. The summed E-state index contributed by atoms with van der Waals surface area (Å²) in [7, 11) is 0. The van der Waals surface area contributed by atoms with Crippen molar-refractivity contribution in [3.05, 3.63) is 48.0 Å². The largest absolute Gasteiger partial charge is 0.493 e. The summed E-state index contributed by atoms with van der Waals surface area (Å²) < 4.78 is 19.1. The predicted molar refractivity (Wildman–Crippen MR) is 87.2 cm³/mol. The minimum absolute atomic E-state index is 0.111. The number of ether oxygens (including phenoxy) is 1. The smallest absolute Gasteiger partial charge is 0.222 e. The van der Waals surface area contributed by atoms with E-state index in [0.717, 1.165) is 12.8 Å². The van der Waals surface area contributed by atoms with Gasteiger partial charge in [-0.25, -0.2) is 14.4 Å². The molecule has 0 aliphatic carbocycles. The highest BCUT2D eigenvalue weighted by atomic mass is 19.1. The Hall–Kier alpha value is -2.70. The van der Waals surface area contributed by atoms with Crippen LogP contribution in [0, 0.1) is 5.82 Å². The summed E-state index contributed by atoms with van der Waals surface area (Å²) in [6.07, 6.45) is 5.06. The molecule has 2 heterocycles. The topological polar surface area (TPSA) is 76.1 Å². The Morgan fingerprint density at radius 1 is 1.33 bits per heavy atom. The Bertz CT molecular complexity index is 696. The Kier molecular flexibility index (Phi) is 5.20. The van der Waals surface area contributed by atoms with Gasteiger partial charge in [0, 0.05) is 30.9 Å². The van der Waals surface area contributed by atoms with Crippen LogP contribution in [0.3, 0.4) is 0 Å². The van der Waals surface area contributed by atoms with E-state index in [1.807, 2.05) is 0 Å². The molecule has 0 unspecified atom stereocenters. The minimum atomic E-state index is -0.332. The Morgan fingerprint density at radius 3 is 3.00 bits per heavy atom. The van der Waals surface area contributed by atoms with E-state index in [1.54, 1.807) is 24.5 Å². The van der Waals surface area contributed by atoms with Gasteiger partial charge in [-0.05, 0) is 37.1 Å². The van der Waals surface area contributed by atoms with Crippen molar-refractivity contribution in [3.8, 4) is 5.75 Å². The number of anilines is 1. The van der Waals surface area contributed by atoms with Gasteiger partial charge in [0.25, 0.3) is 0 Å². The van der Waals surface area contributed by atoms with Gasteiger partial charge in [-0.3, -0.25) is 4.79 Å². The van der Waals surface area contributed by atoms with Gasteiger partial charge in [0.1, 0.15) is 11.6 Å². The molecule has 0 saturated heterocycles. The van der Waals surface area contributed by atoms with Gasteiger partial charge in [-0.15, -0.1) is 0 Å². The Morgan fingerprint density at radius 2 is 2.17 bits per heavy atom. The van der Waals surface area contributed by atoms with Crippen LogP contribution in [-0.2, 0) is 4.79 Å². The molecule has 1 aliphatic heterocycles. The van der Waals surface area contributed by atoms with E-state index in [-0.39, 0.29) is 24.2 Å². The second kappa shape index (κ2) is 7.72. The lowest BCUT2D eigenvalue weighted by Crippen LogP contribution is -2.29. The fourth-order valence-electron chi connectivity index (χ4n) is 2.64. The maximum absolute atomic E-state index is 13.5. The first-order valence-electron chi connectivity index (χ1n) is 7.95. The summed E-state index contributed by atoms with van der Waals surface area (Å²) in [6, 6.07) is 5.90. The van der Waals surface area contributed by atoms with Gasteiger partial charge in [-0.2, -0.15) is 0 Å². The number of hydrogen-bond acceptors (Lipinski definition) is 5. The summed E-state index contributed by atoms with van der Waals surface area (Å²) in [5.41, 5.74) is 0.695. The van der Waals surface area contributed by atoms with Gasteiger partial charge < -0.3 is 15.4 Å². The summed E-state index contributed by atoms with van der Waals surface area (Å²) in [5, 5.41) is 5.95. The first-order chi connectivity index (χ1) is 11.7. The van der Waals surface area contributed by atoms with Crippen LogP contribution < -0.4 is 15.4 Å².